The van der Waals surface area contributed by atoms with Crippen molar-refractivity contribution in [2.45, 2.75) is 103 Å². The molecule has 2 bridgehead atoms. The first-order chi connectivity index (χ1) is 9.54. The third kappa shape index (κ3) is 5.10. The van der Waals surface area contributed by atoms with Gasteiger partial charge in [0.15, 0.2) is 0 Å². The molecule has 0 aromatic carbocycles. The van der Waals surface area contributed by atoms with Gasteiger partial charge in [-0.2, -0.15) is 0 Å². The third-order valence-corrected chi connectivity index (χ3v) is 6.39. The van der Waals surface area contributed by atoms with Crippen LogP contribution in [0.1, 0.15) is 80.1 Å². The quantitative estimate of drug-likeness (QED) is 0.649. The van der Waals surface area contributed by atoms with E-state index >= 15 is 0 Å². The maximum Gasteiger partial charge on any atom is 0.119 e. The lowest BCUT2D eigenvalue weighted by atomic mass is 9.12. The first-order valence-corrected chi connectivity index (χ1v) is 9.54. The van der Waals surface area contributed by atoms with Crippen LogP contribution in [0.4, 0.5) is 0 Å². The van der Waals surface area contributed by atoms with Crippen molar-refractivity contribution >= 4 is 21.8 Å². The van der Waals surface area contributed by atoms with Crippen LogP contribution in [0.15, 0.2) is 0 Å². The molecule has 2 fully saturated rings. The zero-order valence-electron chi connectivity index (χ0n) is 15.8. The summed E-state index contributed by atoms with van der Waals surface area (Å²) < 4.78 is 0. The Morgan fingerprint density at radius 2 is 1.05 bits per heavy atom. The van der Waals surface area contributed by atoms with Crippen molar-refractivity contribution in [3.8, 4) is 0 Å². The van der Waals surface area contributed by atoms with Crippen LogP contribution in [-0.4, -0.2) is 21.8 Å². The highest BCUT2D eigenvalue weighted by atomic mass is 14.3. The fourth-order valence-corrected chi connectivity index (χ4v) is 5.03. The molecule has 2 rings (SSSR count). The molecule has 0 unspecified atom stereocenters. The topological polar surface area (TPSA) is 0 Å². The molecule has 2 heterocycles. The van der Waals surface area contributed by atoms with E-state index in [2.05, 4.69) is 41.5 Å². The predicted octanol–water partition coefficient (Wildman–Crippen LogP) is 4.82. The van der Waals surface area contributed by atoms with Crippen molar-refractivity contribution in [3.63, 3.8) is 0 Å². The Hall–Kier alpha value is 0.195. The second-order valence-electron chi connectivity index (χ2n) is 11.0. The van der Waals surface area contributed by atoms with Gasteiger partial charge in [0.25, 0.3) is 0 Å². The van der Waals surface area contributed by atoms with E-state index in [0.717, 1.165) is 10.4 Å². The summed E-state index contributed by atoms with van der Waals surface area (Å²) in [6.45, 7) is 14.5. The molecule has 21 heavy (non-hydrogen) atoms. The summed E-state index contributed by atoms with van der Waals surface area (Å²) >= 11 is 0. The lowest BCUT2D eigenvalue weighted by Crippen LogP contribution is -2.47. The Bertz CT molecular complexity index is 306. The van der Waals surface area contributed by atoms with Crippen LogP contribution < -0.4 is 0 Å². The molecular formula is C18H37B3. The predicted molar refractivity (Wildman–Crippen MR) is 103 cm³/mol. The molecule has 2 aliphatic heterocycles. The summed E-state index contributed by atoms with van der Waals surface area (Å²) in [6, 6.07) is 0. The van der Waals surface area contributed by atoms with Crippen LogP contribution in [0, 0.1) is 10.8 Å². The monoisotopic (exact) mass is 286 g/mol. The molecule has 0 saturated carbocycles. The lowest BCUT2D eigenvalue weighted by molar-refractivity contribution is 0.381. The SMILES string of the molecule is CC(C)(C)CBC12BC(BCC(C)(C)C)(CCC1)CCC2. The van der Waals surface area contributed by atoms with Gasteiger partial charge in [0.05, 0.1) is 0 Å². The van der Waals surface area contributed by atoms with Crippen molar-refractivity contribution in [2.24, 2.45) is 10.8 Å². The van der Waals surface area contributed by atoms with Gasteiger partial charge in [-0.25, -0.2) is 0 Å². The number of hydrogen-bond acceptors (Lipinski definition) is 0. The molecular weight excluding hydrogens is 249 g/mol. The van der Waals surface area contributed by atoms with Gasteiger partial charge in [-0.15, -0.1) is 0 Å². The van der Waals surface area contributed by atoms with Crippen LogP contribution in [0.5, 0.6) is 0 Å². The molecule has 0 radical (unpaired) electrons. The third-order valence-electron chi connectivity index (χ3n) is 6.39. The molecule has 2 saturated heterocycles. The van der Waals surface area contributed by atoms with Crippen molar-refractivity contribution in [1.29, 1.82) is 0 Å². The molecule has 0 nitrogen and oxygen atoms in total. The summed E-state index contributed by atoms with van der Waals surface area (Å²) in [5.41, 5.74) is 1.02. The van der Waals surface area contributed by atoms with Gasteiger partial charge in [-0.05, 0) is 10.8 Å². The van der Waals surface area contributed by atoms with E-state index in [1.54, 1.807) is 7.28 Å². The number of hydrogen-bond donors (Lipinski definition) is 0. The maximum absolute atomic E-state index is 2.42. The summed E-state index contributed by atoms with van der Waals surface area (Å²) in [6.07, 6.45) is 12.0. The molecule has 3 heteroatoms. The smallest absolute Gasteiger partial charge is 0.0775 e. The number of rotatable bonds is 4. The summed E-state index contributed by atoms with van der Waals surface area (Å²) in [7, 11) is 4.55. The van der Waals surface area contributed by atoms with Gasteiger partial charge in [-0.1, -0.05) is 103 Å². The zero-order chi connectivity index (χ0) is 15.8. The molecule has 118 valence electrons. The highest BCUT2D eigenvalue weighted by Gasteiger charge is 2.48. The lowest BCUT2D eigenvalue weighted by Gasteiger charge is -2.53. The van der Waals surface area contributed by atoms with Crippen LogP contribution >= 0.6 is 0 Å². The minimum absolute atomic E-state index is 0.512. The highest BCUT2D eigenvalue weighted by Crippen LogP contribution is 2.58. The molecule has 0 aromatic rings. The van der Waals surface area contributed by atoms with Crippen molar-refractivity contribution in [3.05, 3.63) is 0 Å². The van der Waals surface area contributed by atoms with Crippen molar-refractivity contribution in [1.82, 2.24) is 0 Å². The summed E-state index contributed by atoms with van der Waals surface area (Å²) in [4.78, 5) is 0. The standard InChI is InChI=1S/C18H37B3/c1-15(2,3)13-19-17-9-7-11-18(21-17,12-8-10-17)20-14-16(4,5)6/h19-21H,7-14H2,1-6H3. The van der Waals surface area contributed by atoms with Gasteiger partial charge in [0.2, 0.25) is 0 Å². The Labute approximate surface area is 136 Å². The van der Waals surface area contributed by atoms with Gasteiger partial charge < -0.3 is 0 Å². The molecule has 0 aliphatic carbocycles. The molecule has 0 aromatic heterocycles. The molecule has 2 aliphatic rings. The van der Waals surface area contributed by atoms with Gasteiger partial charge in [0.1, 0.15) is 21.8 Å². The Morgan fingerprint density at radius 3 is 1.33 bits per heavy atom. The van der Waals surface area contributed by atoms with E-state index in [9.17, 15) is 0 Å². The van der Waals surface area contributed by atoms with Gasteiger partial charge in [0, 0.05) is 0 Å². The number of fused-ring (bicyclic) bond motifs is 2. The highest BCUT2D eigenvalue weighted by molar-refractivity contribution is 6.73. The molecule has 0 N–H and O–H groups in total. The first kappa shape index (κ1) is 17.5. The fraction of sp³-hybridized carbons (Fsp3) is 1.00. The Balaban J connectivity index is 2.01. The van der Waals surface area contributed by atoms with Gasteiger partial charge >= 0.3 is 0 Å². The van der Waals surface area contributed by atoms with E-state index in [-0.39, 0.29) is 0 Å². The van der Waals surface area contributed by atoms with Crippen LogP contribution in [0.25, 0.3) is 0 Å². The average Bonchev–Trinajstić information content (AvgIpc) is 2.33. The van der Waals surface area contributed by atoms with Crippen molar-refractivity contribution in [2.75, 3.05) is 0 Å². The average molecular weight is 286 g/mol. The fourth-order valence-electron chi connectivity index (χ4n) is 5.03. The normalized spacial score (nSPS) is 33.2. The van der Waals surface area contributed by atoms with Crippen molar-refractivity contribution < 1.29 is 0 Å². The van der Waals surface area contributed by atoms with E-state index < -0.39 is 0 Å². The summed E-state index contributed by atoms with van der Waals surface area (Å²) in [5.74, 6) is 0. The minimum Gasteiger partial charge on any atom is -0.0775 e. The molecule has 0 amide bonds. The zero-order valence-corrected chi connectivity index (χ0v) is 15.8. The van der Waals surface area contributed by atoms with E-state index in [4.69, 9.17) is 0 Å². The van der Waals surface area contributed by atoms with Crippen LogP contribution in [0.2, 0.25) is 23.1 Å². The minimum atomic E-state index is 0.512. The second kappa shape index (κ2) is 6.01. The van der Waals surface area contributed by atoms with E-state index in [1.807, 2.05) is 0 Å². The molecule has 0 atom stereocenters. The maximum atomic E-state index is 2.42. The van der Waals surface area contributed by atoms with Crippen LogP contribution in [-0.2, 0) is 0 Å². The largest absolute Gasteiger partial charge is 0.119 e. The van der Waals surface area contributed by atoms with E-state index in [1.165, 1.54) is 65.7 Å². The Kier molecular flexibility index (Phi) is 5.02. The van der Waals surface area contributed by atoms with E-state index in [0.29, 0.717) is 10.8 Å². The summed E-state index contributed by atoms with van der Waals surface area (Å²) in [5, 5.41) is 1.45. The first-order valence-electron chi connectivity index (χ1n) is 9.54. The Morgan fingerprint density at radius 1 is 0.714 bits per heavy atom. The molecule has 0 spiro atoms. The second-order valence-corrected chi connectivity index (χ2v) is 11.0. The van der Waals surface area contributed by atoms with Crippen LogP contribution in [0.3, 0.4) is 0 Å². The van der Waals surface area contributed by atoms with Gasteiger partial charge in [-0.3, -0.25) is 0 Å².